The van der Waals surface area contributed by atoms with Crippen LogP contribution in [0.1, 0.15) is 53.9 Å². The Morgan fingerprint density at radius 1 is 1.22 bits per heavy atom. The fourth-order valence-corrected chi connectivity index (χ4v) is 6.68. The molecular weight excluding hydrogens is 504 g/mol. The van der Waals surface area contributed by atoms with Crippen molar-refractivity contribution in [1.29, 1.82) is 0 Å². The summed E-state index contributed by atoms with van der Waals surface area (Å²) in [6.45, 7) is 9.43. The summed E-state index contributed by atoms with van der Waals surface area (Å²) in [7, 11) is -4.00. The summed E-state index contributed by atoms with van der Waals surface area (Å²) < 4.78 is 38.3. The molecule has 2 atom stereocenters. The van der Waals surface area contributed by atoms with Crippen LogP contribution in [0.5, 0.6) is 5.75 Å². The Hall–Kier alpha value is -2.42. The molecule has 0 radical (unpaired) electrons. The molecule has 1 amide bonds. The molecule has 0 bridgehead atoms. The number of alkyl carbamates (subject to hydrolysis) is 1. The topological polar surface area (TPSA) is 122 Å². The maximum Gasteiger partial charge on any atom is 0.407 e. The van der Waals surface area contributed by atoms with Crippen molar-refractivity contribution >= 4 is 33.8 Å². The van der Waals surface area contributed by atoms with E-state index in [1.54, 1.807) is 6.92 Å². The number of nitrogens with zero attached hydrogens (tertiary/aromatic N) is 1. The lowest BCUT2D eigenvalue weighted by atomic mass is 9.98. The summed E-state index contributed by atoms with van der Waals surface area (Å²) in [6.07, 6.45) is 1.82. The summed E-state index contributed by atoms with van der Waals surface area (Å²) in [6, 6.07) is 5.92. The van der Waals surface area contributed by atoms with Gasteiger partial charge in [-0.25, -0.2) is 13.2 Å². The number of unbranched alkanes of at least 4 members (excludes halogenated alkanes) is 2. The predicted octanol–water partition coefficient (Wildman–Crippen LogP) is 3.73. The second-order valence-corrected chi connectivity index (χ2v) is 12.9. The van der Waals surface area contributed by atoms with Crippen LogP contribution in [0.4, 0.5) is 4.79 Å². The van der Waals surface area contributed by atoms with E-state index in [1.807, 2.05) is 20.8 Å². The van der Waals surface area contributed by atoms with E-state index < -0.39 is 33.2 Å². The predicted molar refractivity (Wildman–Crippen MR) is 140 cm³/mol. The van der Waals surface area contributed by atoms with E-state index in [2.05, 4.69) is 17.2 Å². The molecule has 2 N–H and O–H groups in total. The molecule has 0 aliphatic carbocycles. The smallest absolute Gasteiger partial charge is 0.407 e. The number of hydrogen-bond donors (Lipinski definition) is 2. The van der Waals surface area contributed by atoms with Crippen LogP contribution in [-0.4, -0.2) is 71.7 Å². The highest BCUT2D eigenvalue weighted by Gasteiger charge is 2.52. The molecule has 0 spiro atoms. The number of nitrogens with one attached hydrogen (secondary N) is 1. The van der Waals surface area contributed by atoms with Crippen molar-refractivity contribution in [2.45, 2.75) is 75.2 Å². The number of carbonyl (C=O) groups excluding carboxylic acids is 1. The quantitative estimate of drug-likeness (QED) is 0.359. The molecule has 1 aliphatic rings. The summed E-state index contributed by atoms with van der Waals surface area (Å²) in [5.41, 5.74) is -2.05. The first kappa shape index (κ1) is 29.8. The molecule has 1 aliphatic heterocycles. The second-order valence-electron chi connectivity index (χ2n) is 9.54. The molecule has 1 heterocycles. The minimum atomic E-state index is -4.00. The van der Waals surface area contributed by atoms with Crippen LogP contribution in [0.3, 0.4) is 0 Å². The number of aliphatic carboxylic acids is 1. The van der Waals surface area contributed by atoms with Crippen LogP contribution in [0, 0.1) is 11.8 Å². The van der Waals surface area contributed by atoms with Gasteiger partial charge in [0.2, 0.25) is 10.0 Å². The van der Waals surface area contributed by atoms with Crippen molar-refractivity contribution in [3.63, 3.8) is 0 Å². The minimum absolute atomic E-state index is 0.0208. The van der Waals surface area contributed by atoms with Crippen LogP contribution in [-0.2, 0) is 19.6 Å². The van der Waals surface area contributed by atoms with Gasteiger partial charge in [0, 0.05) is 30.5 Å². The lowest BCUT2D eigenvalue weighted by Gasteiger charge is -2.44. The molecule has 1 saturated heterocycles. The highest BCUT2D eigenvalue weighted by Crippen LogP contribution is 2.38. The zero-order valence-corrected chi connectivity index (χ0v) is 23.1. The molecule has 11 heteroatoms. The normalized spacial score (nSPS) is 20.6. The maximum atomic E-state index is 13.2. The number of sulfonamides is 1. The number of amides is 1. The van der Waals surface area contributed by atoms with Crippen LogP contribution in [0.25, 0.3) is 0 Å². The van der Waals surface area contributed by atoms with E-state index in [0.29, 0.717) is 24.5 Å². The van der Waals surface area contributed by atoms with Crippen molar-refractivity contribution in [3.8, 4) is 17.6 Å². The van der Waals surface area contributed by atoms with Gasteiger partial charge in [0.05, 0.1) is 4.90 Å². The van der Waals surface area contributed by atoms with Gasteiger partial charge < -0.3 is 19.9 Å². The first-order chi connectivity index (χ1) is 16.8. The molecule has 1 unspecified atom stereocenters. The number of thioether (sulfide) groups is 1. The molecule has 0 saturated carbocycles. The Kier molecular flexibility index (Phi) is 10.5. The van der Waals surface area contributed by atoms with Gasteiger partial charge in [0.15, 0.2) is 0 Å². The van der Waals surface area contributed by atoms with Gasteiger partial charge in [-0.2, -0.15) is 16.1 Å². The van der Waals surface area contributed by atoms with Crippen molar-refractivity contribution in [1.82, 2.24) is 9.62 Å². The minimum Gasteiger partial charge on any atom is -0.481 e. The third-order valence-electron chi connectivity index (χ3n) is 5.65. The fraction of sp³-hybridized carbons (Fsp3) is 0.600. The molecule has 36 heavy (non-hydrogen) atoms. The van der Waals surface area contributed by atoms with E-state index in [9.17, 15) is 23.1 Å². The Labute approximate surface area is 218 Å². The fourth-order valence-electron chi connectivity index (χ4n) is 3.50. The van der Waals surface area contributed by atoms with E-state index in [-0.39, 0.29) is 23.3 Å². The highest BCUT2D eigenvalue weighted by molar-refractivity contribution is 8.00. The zero-order valence-electron chi connectivity index (χ0n) is 21.5. The van der Waals surface area contributed by atoms with Gasteiger partial charge in [-0.15, -0.1) is 0 Å². The summed E-state index contributed by atoms with van der Waals surface area (Å²) >= 11 is 1.45. The zero-order chi connectivity index (χ0) is 27.0. The van der Waals surface area contributed by atoms with E-state index in [4.69, 9.17) is 9.47 Å². The Morgan fingerprint density at radius 2 is 1.89 bits per heavy atom. The average Bonchev–Trinajstić information content (AvgIpc) is 2.78. The summed E-state index contributed by atoms with van der Waals surface area (Å²) in [5.74, 6) is 5.75. The molecule has 9 nitrogen and oxygen atoms in total. The Balaban J connectivity index is 1.81. The van der Waals surface area contributed by atoms with Crippen molar-refractivity contribution in [2.75, 3.05) is 25.4 Å². The lowest BCUT2D eigenvalue weighted by Crippen LogP contribution is -2.63. The SMILES string of the molecule is CC1SCCN(S(=O)(=O)c2ccc(OCC#CCCCCNC(=O)OC(C)(C)C)cc2)[C@@]1(C)C(=O)O. The van der Waals surface area contributed by atoms with Gasteiger partial charge in [0.25, 0.3) is 0 Å². The number of rotatable bonds is 9. The monoisotopic (exact) mass is 540 g/mol. The molecule has 2 rings (SSSR count). The van der Waals surface area contributed by atoms with Gasteiger partial charge in [-0.3, -0.25) is 4.79 Å². The highest BCUT2D eigenvalue weighted by atomic mass is 32.2. The maximum absolute atomic E-state index is 13.2. The third-order valence-corrected chi connectivity index (χ3v) is 9.04. The molecule has 1 aromatic rings. The van der Waals surface area contributed by atoms with Gasteiger partial charge in [-0.05, 0) is 64.8 Å². The Bertz CT molecular complexity index is 1070. The van der Waals surface area contributed by atoms with Gasteiger partial charge in [0.1, 0.15) is 23.5 Å². The molecule has 1 fully saturated rings. The van der Waals surface area contributed by atoms with Crippen LogP contribution >= 0.6 is 11.8 Å². The van der Waals surface area contributed by atoms with Crippen LogP contribution in [0.2, 0.25) is 0 Å². The first-order valence-electron chi connectivity index (χ1n) is 11.8. The molecule has 200 valence electrons. The molecular formula is C25H36N2O7S2. The van der Waals surface area contributed by atoms with Crippen molar-refractivity contribution in [2.24, 2.45) is 0 Å². The van der Waals surface area contributed by atoms with Gasteiger partial charge in [-0.1, -0.05) is 18.8 Å². The number of carboxylic acids is 1. The summed E-state index contributed by atoms with van der Waals surface area (Å²) in [5, 5.41) is 12.1. The number of hydrogen-bond acceptors (Lipinski definition) is 7. The number of carboxylic acid groups (broad SMARTS) is 1. The van der Waals surface area contributed by atoms with Crippen LogP contribution < -0.4 is 10.1 Å². The summed E-state index contributed by atoms with van der Waals surface area (Å²) in [4.78, 5) is 23.5. The standard InChI is InChI=1S/C25H36N2O7S2/c1-19-25(5,22(28)29)27(16-18-35-19)36(31,32)21-13-11-20(12-14-21)33-17-10-8-6-7-9-15-26-23(30)34-24(2,3)4/h11-14,19H,6-7,9,15-18H2,1-5H3,(H,26,30)(H,28,29)/t19?,25-/m1/s1. The van der Waals surface area contributed by atoms with Crippen molar-refractivity contribution < 1.29 is 32.6 Å². The second kappa shape index (κ2) is 12.7. The average molecular weight is 541 g/mol. The Morgan fingerprint density at radius 3 is 2.50 bits per heavy atom. The molecule has 0 aromatic heterocycles. The number of ether oxygens (including phenoxy) is 2. The number of benzene rings is 1. The van der Waals surface area contributed by atoms with Crippen LogP contribution in [0.15, 0.2) is 29.2 Å². The third kappa shape index (κ3) is 8.05. The largest absolute Gasteiger partial charge is 0.481 e. The number of carbonyl (C=O) groups is 2. The van der Waals surface area contributed by atoms with Gasteiger partial charge >= 0.3 is 12.1 Å². The van der Waals surface area contributed by atoms with E-state index in [1.165, 1.54) is 43.0 Å². The van der Waals surface area contributed by atoms with Crippen molar-refractivity contribution in [3.05, 3.63) is 24.3 Å². The van der Waals surface area contributed by atoms with E-state index in [0.717, 1.165) is 17.1 Å². The first-order valence-corrected chi connectivity index (χ1v) is 14.3. The van der Waals surface area contributed by atoms with E-state index >= 15 is 0 Å². The molecule has 1 aromatic carbocycles. The lowest BCUT2D eigenvalue weighted by molar-refractivity contribution is -0.147.